The highest BCUT2D eigenvalue weighted by Crippen LogP contribution is 2.34. The van der Waals surface area contributed by atoms with E-state index in [4.69, 9.17) is 410 Å². The van der Waals surface area contributed by atoms with E-state index in [1.807, 2.05) is 12.3 Å². The molecule has 3 rings (SSSR count). The second-order valence-corrected chi connectivity index (χ2v) is 37.2. The highest BCUT2D eigenvalue weighted by molar-refractivity contribution is 9.10. The highest BCUT2D eigenvalue weighted by atomic mass is 79.9. The second-order valence-electron chi connectivity index (χ2n) is 36.4. The normalized spacial score (nSPS) is 10.1. The molecule has 0 aliphatic carbocycles. The van der Waals surface area contributed by atoms with Crippen molar-refractivity contribution in [2.75, 3.05) is 0 Å². The van der Waals surface area contributed by atoms with Crippen LogP contribution in [0.2, 0.25) is 0 Å². The fourth-order valence-electron chi connectivity index (χ4n) is 21.6. The Morgan fingerprint density at radius 2 is 0.391 bits per heavy atom. The number of hydrogen-bond acceptors (Lipinski definition) is 1. The number of nitrogens with zero attached hydrogens (tertiary/aromatic N) is 1. The minimum atomic E-state index is -2.39. The average molecular weight is 1500 g/mol. The summed E-state index contributed by atoms with van der Waals surface area (Å²) in [6.45, 7) is 6.67. The molecule has 1 aromatic heterocycles. The Hall–Kier alpha value is 4.89. The number of halogens is 1. The van der Waals surface area contributed by atoms with E-state index >= 15 is 0 Å². The standard InChI is InChI=1S/C21H20BrN.B105/c1-21(2,3)17-12-13-23-20(14-17)16-10-8-15(9-11-16)18-6-4-5-7-19(18)22;1-54-81(55(2)3)94(80(52)53)101(95(82(56(4)5)57(6)7)83(58(8)9)59(10)11)104(100(92(76(44)45)77(46)47)93(78(48)49)79(50)51)105(102(96(84(60(12)13)61(14)15)85(62(16)17)63(18)19)97(86(64(20)21)65(22)23)87(66(24)25)67(26)27)103(98(88(68(28)29)69(30)31)89(70(32)33)71(34)35)99(90(72(36)37)73(38)39)91(74(40)41)75(42)43/h4-14H,1-3H3;. The van der Waals surface area contributed by atoms with E-state index in [1.54, 1.807) is 0 Å². The van der Waals surface area contributed by atoms with Gasteiger partial charge < -0.3 is 0 Å². The molecule has 107 radical (unpaired) electrons. The quantitative estimate of drug-likeness (QED) is 0.0513. The molecule has 0 atom stereocenters. The van der Waals surface area contributed by atoms with Gasteiger partial charge in [0.15, 0.2) is 0 Å². The molecule has 3 aromatic rings. The van der Waals surface area contributed by atoms with Crippen molar-refractivity contribution in [2.24, 2.45) is 0 Å². The Bertz CT molecular complexity index is 3100. The summed E-state index contributed by atoms with van der Waals surface area (Å²) in [6.07, 6.45) is -97.1. The molecule has 0 aliphatic rings. The van der Waals surface area contributed by atoms with Gasteiger partial charge in [-0.1, -0.05) is 79.2 Å². The lowest BCUT2D eigenvalue weighted by molar-refractivity contribution is 0.589. The minimum absolute atomic E-state index is 0.131. The molecular weight excluding hydrogens is 1480 g/mol. The van der Waals surface area contributed by atoms with Gasteiger partial charge in [0.2, 0.25) is 0 Å². The number of rotatable bonds is 53. The predicted octanol–water partition coefficient (Wildman–Crippen LogP) is -33.5. The Balaban J connectivity index is 0.00000205. The van der Waals surface area contributed by atoms with Crippen LogP contribution in [-0.4, -0.2) is 748 Å². The van der Waals surface area contributed by atoms with Crippen LogP contribution in [0.3, 0.4) is 0 Å². The van der Waals surface area contributed by atoms with Gasteiger partial charge in [0.05, 0.1) is 5.69 Å². The fraction of sp³-hybridized carbons (Fsp3) is 0.190. The van der Waals surface area contributed by atoms with Gasteiger partial charge in [0.25, 0.3) is 0 Å². The number of hydrogen-bond donors (Lipinski definition) is 0. The molecule has 0 fully saturated rings. The largest absolute Gasteiger partial charge is 0.256 e. The number of aromatic nitrogens is 1. The van der Waals surface area contributed by atoms with E-state index in [2.05, 4.69) is 96.3 Å². The molecule has 431 valence electrons. The predicted molar refractivity (Wildman–Crippen MR) is 706 cm³/mol. The SMILES string of the molecule is CC(C)(C)c1ccnc(-c2ccc(-c3ccccc3Br)cc2)c1.[B][B]B(B([B])[B])B(B([B])[B])B(B(B(B([B])[B])B([B])[B])B(B([B])[B])B([B])[B])B(B(B(B([B])[B])B([B])[B])B(B([B])[B])B([B])[B])B(B(B(B(B([B])[B])B([B])[B])B(B([B])[B])B([B])[B])B(B(B([B])[B])B([B])[B])B(B([B])[B])B([B])[B])B(B(B(B([B])[B])B([B])[B])B(B([B])[B])B([B])[B])B(B(B([B])[B])B([B])[B])B(B([B])[B])B([B])[B]. The molecule has 0 unspecified atom stereocenters. The molecule has 0 saturated heterocycles. The molecule has 1 nitrogen and oxygen atoms in total. The van der Waals surface area contributed by atoms with Crippen molar-refractivity contribution in [2.45, 2.75) is 26.2 Å². The van der Waals surface area contributed by atoms with E-state index in [1.165, 1.54) is 16.7 Å². The molecule has 0 spiro atoms. The molecule has 0 aliphatic heterocycles. The maximum Gasteiger partial charge on any atom is 0.0704 e. The zero-order valence-corrected chi connectivity index (χ0v) is 75.9. The van der Waals surface area contributed by atoms with Gasteiger partial charge in [-0.25, -0.2) is 0 Å². The van der Waals surface area contributed by atoms with Crippen LogP contribution >= 0.6 is 15.9 Å². The first-order chi connectivity index (χ1) is 58.8. The van der Waals surface area contributed by atoms with E-state index < -0.39 is 326 Å². The topological polar surface area (TPSA) is 12.9 Å². The first-order valence-electron chi connectivity index (χ1n) is 42.4. The summed E-state index contributed by atoms with van der Waals surface area (Å²) in [5.41, 5.74) is 6.01. The lowest BCUT2D eigenvalue weighted by atomic mass is 8.18. The molecule has 0 bridgehead atoms. The lowest BCUT2D eigenvalue weighted by Gasteiger charge is -2.63. The van der Waals surface area contributed by atoms with Gasteiger partial charge in [-0.05, 0) is 40.3 Å². The van der Waals surface area contributed by atoms with Crippen LogP contribution in [0, 0.1) is 0 Å². The summed E-state index contributed by atoms with van der Waals surface area (Å²) in [7, 11) is 381. The van der Waals surface area contributed by atoms with Crippen molar-refractivity contribution >= 4 is 759 Å². The average Bonchev–Trinajstić information content (AvgIpc) is 0.704. The Morgan fingerprint density at radius 1 is 0.219 bits per heavy atom. The summed E-state index contributed by atoms with van der Waals surface area (Å²) in [6, 6.07) is 21.2. The van der Waals surface area contributed by atoms with Crippen molar-refractivity contribution in [3.05, 3.63) is 76.9 Å². The summed E-state index contributed by atoms with van der Waals surface area (Å²) in [4.78, 5) is 4.53. The van der Waals surface area contributed by atoms with Crippen molar-refractivity contribution in [3.8, 4) is 22.4 Å². The van der Waals surface area contributed by atoms with Gasteiger partial charge in [0, 0.05) is 759 Å². The molecule has 1 heterocycles. The van der Waals surface area contributed by atoms with Gasteiger partial charge in [-0.3, -0.25) is 4.98 Å². The highest BCUT2D eigenvalue weighted by Gasteiger charge is 2.69. The van der Waals surface area contributed by atoms with Crippen molar-refractivity contribution in [1.82, 2.24) is 4.98 Å². The van der Waals surface area contributed by atoms with Crippen LogP contribution in [0.15, 0.2) is 71.3 Å². The maximum atomic E-state index is 7.45. The minimum Gasteiger partial charge on any atom is -0.256 e. The van der Waals surface area contributed by atoms with Gasteiger partial charge in [-0.2, -0.15) is 0 Å². The van der Waals surface area contributed by atoms with Gasteiger partial charge >= 0.3 is 0 Å². The van der Waals surface area contributed by atoms with Crippen LogP contribution in [0.25, 0.3) is 22.4 Å². The number of benzene rings is 2. The molecular formula is C21H20B105BrN. The lowest BCUT2D eigenvalue weighted by Crippen LogP contribution is -3.01. The molecule has 0 saturated carbocycles. The van der Waals surface area contributed by atoms with Crippen LogP contribution in [0.4, 0.5) is 0 Å². The van der Waals surface area contributed by atoms with Crippen molar-refractivity contribution in [3.63, 3.8) is 0 Å². The molecule has 0 amide bonds. The first kappa shape index (κ1) is 129. The third-order valence-corrected chi connectivity index (χ3v) is 27.1. The fourth-order valence-corrected chi connectivity index (χ4v) is 22.1. The van der Waals surface area contributed by atoms with Crippen LogP contribution in [0.5, 0.6) is 0 Å². The number of pyridine rings is 1. The Kier molecular flexibility index (Phi) is 59.9. The molecule has 0 N–H and O–H groups in total. The second kappa shape index (κ2) is 59.5. The van der Waals surface area contributed by atoms with E-state index in [9.17, 15) is 0 Å². The third-order valence-electron chi connectivity index (χ3n) is 26.4. The first-order valence-corrected chi connectivity index (χ1v) is 43.2. The maximum absolute atomic E-state index is 7.45. The summed E-state index contributed by atoms with van der Waals surface area (Å²) in [5, 5.41) is 0. The zero-order valence-electron chi connectivity index (χ0n) is 74.3. The van der Waals surface area contributed by atoms with Gasteiger partial charge in [0.1, 0.15) is 0 Å². The zero-order chi connectivity index (χ0) is 99.6. The molecule has 2 aromatic carbocycles. The Morgan fingerprint density at radius 3 is 0.555 bits per heavy atom. The van der Waals surface area contributed by atoms with E-state index in [-0.39, 0.29) is 5.41 Å². The van der Waals surface area contributed by atoms with E-state index in [0.717, 1.165) is 22.8 Å². The summed E-state index contributed by atoms with van der Waals surface area (Å²) < 4.78 is 1.11. The molecule has 128 heavy (non-hydrogen) atoms. The van der Waals surface area contributed by atoms with E-state index in [0.29, 0.717) is 0 Å². The summed E-state index contributed by atoms with van der Waals surface area (Å²) in [5.74, 6) is 0. The Labute approximate surface area is 879 Å². The van der Waals surface area contributed by atoms with Crippen LogP contribution in [-0.2, 0) is 5.41 Å². The van der Waals surface area contributed by atoms with Crippen LogP contribution in [0.1, 0.15) is 26.3 Å². The third kappa shape index (κ3) is 34.8. The monoisotopic (exact) mass is 1520 g/mol. The summed E-state index contributed by atoms with van der Waals surface area (Å²) >= 11 is 3.62. The molecule has 107 heteroatoms. The van der Waals surface area contributed by atoms with Crippen molar-refractivity contribution in [1.29, 1.82) is 0 Å². The van der Waals surface area contributed by atoms with Gasteiger partial charge in [-0.15, -0.1) is 0 Å². The smallest absolute Gasteiger partial charge is 0.0704 e. The van der Waals surface area contributed by atoms with Crippen LogP contribution < -0.4 is 0 Å². The van der Waals surface area contributed by atoms with Crippen molar-refractivity contribution < 1.29 is 0 Å².